The summed E-state index contributed by atoms with van der Waals surface area (Å²) < 4.78 is 12.4. The molecule has 1 N–H and O–H groups in total. The van der Waals surface area contributed by atoms with Gasteiger partial charge in [-0.25, -0.2) is 4.98 Å². The Kier molecular flexibility index (Phi) is 8.63. The van der Waals surface area contributed by atoms with Crippen LogP contribution in [0, 0.1) is 11.3 Å². The molecule has 1 aromatic heterocycles. The van der Waals surface area contributed by atoms with Crippen LogP contribution in [0.2, 0.25) is 0 Å². The van der Waals surface area contributed by atoms with Crippen LogP contribution in [0.1, 0.15) is 45.1 Å². The van der Waals surface area contributed by atoms with Crippen LogP contribution in [0.4, 0.5) is 0 Å². The summed E-state index contributed by atoms with van der Waals surface area (Å²) in [6.07, 6.45) is 6.11. The molecule has 2 aromatic rings. The van der Waals surface area contributed by atoms with Crippen molar-refractivity contribution in [3.05, 3.63) is 48.2 Å². The van der Waals surface area contributed by atoms with Crippen molar-refractivity contribution >= 4 is 5.91 Å². The molecule has 0 radical (unpaired) electrons. The van der Waals surface area contributed by atoms with Crippen LogP contribution in [0.25, 0.3) is 0 Å². The summed E-state index contributed by atoms with van der Waals surface area (Å²) in [6.45, 7) is 9.80. The first-order valence-electron chi connectivity index (χ1n) is 12.9. The third-order valence-corrected chi connectivity index (χ3v) is 6.92. The number of hydrogen-bond acceptors (Lipinski definition) is 6. The van der Waals surface area contributed by atoms with Gasteiger partial charge in [-0.15, -0.1) is 0 Å². The molecule has 7 heteroatoms. The topological polar surface area (TPSA) is 66.9 Å². The maximum absolute atomic E-state index is 12.9. The highest BCUT2D eigenvalue weighted by atomic mass is 16.5. The fraction of sp³-hybridized carbons (Fsp3) is 0.571. The lowest BCUT2D eigenvalue weighted by Crippen LogP contribution is -2.42. The van der Waals surface area contributed by atoms with Crippen LogP contribution in [0.3, 0.4) is 0 Å². The number of hydrogen-bond donors (Lipinski definition) is 1. The van der Waals surface area contributed by atoms with Gasteiger partial charge in [0.2, 0.25) is 11.8 Å². The minimum Gasteiger partial charge on any atom is -0.489 e. The number of piperidine rings is 1. The van der Waals surface area contributed by atoms with E-state index in [2.05, 4.69) is 41.0 Å². The summed E-state index contributed by atoms with van der Waals surface area (Å²) in [5.41, 5.74) is 0.968. The largest absolute Gasteiger partial charge is 0.489 e. The summed E-state index contributed by atoms with van der Waals surface area (Å²) in [5, 5.41) is 3.20. The van der Waals surface area contributed by atoms with E-state index >= 15 is 0 Å². The molecule has 1 saturated heterocycles. The number of aromatic nitrogens is 1. The van der Waals surface area contributed by atoms with Crippen molar-refractivity contribution in [3.8, 4) is 17.4 Å². The number of nitrogens with one attached hydrogen (secondary N) is 1. The van der Waals surface area contributed by atoms with Gasteiger partial charge in [-0.2, -0.15) is 0 Å². The number of carbonyl (C=O) groups is 1. The van der Waals surface area contributed by atoms with Crippen LogP contribution in [0.5, 0.6) is 17.4 Å². The Labute approximate surface area is 209 Å². The highest BCUT2D eigenvalue weighted by Gasteiger charge is 2.23. The van der Waals surface area contributed by atoms with E-state index < -0.39 is 0 Å². The Morgan fingerprint density at radius 1 is 1.14 bits per heavy atom. The number of carbonyl (C=O) groups excluding carboxylic acids is 1. The number of benzene rings is 1. The van der Waals surface area contributed by atoms with E-state index in [0.29, 0.717) is 37.2 Å². The minimum atomic E-state index is 0.00715. The van der Waals surface area contributed by atoms with Gasteiger partial charge in [0.1, 0.15) is 0 Å². The molecule has 35 heavy (non-hydrogen) atoms. The fourth-order valence-corrected chi connectivity index (χ4v) is 4.93. The molecule has 7 nitrogen and oxygen atoms in total. The Morgan fingerprint density at radius 2 is 1.97 bits per heavy atom. The molecule has 3 heterocycles. The van der Waals surface area contributed by atoms with Crippen molar-refractivity contribution < 1.29 is 14.3 Å². The average Bonchev–Trinajstić information content (AvgIpc) is 2.84. The van der Waals surface area contributed by atoms with Gasteiger partial charge in [-0.1, -0.05) is 32.0 Å². The number of ether oxygens (including phenoxy) is 2. The summed E-state index contributed by atoms with van der Waals surface area (Å²) in [5.74, 6) is 2.55. The van der Waals surface area contributed by atoms with E-state index in [1.165, 1.54) is 12.8 Å². The van der Waals surface area contributed by atoms with Gasteiger partial charge in [0.05, 0.1) is 13.2 Å². The van der Waals surface area contributed by atoms with Crippen LogP contribution < -0.4 is 14.8 Å². The zero-order valence-corrected chi connectivity index (χ0v) is 21.5. The normalized spacial score (nSPS) is 21.6. The van der Waals surface area contributed by atoms with Crippen molar-refractivity contribution in [2.45, 2.75) is 46.1 Å². The molecule has 1 fully saturated rings. The lowest BCUT2D eigenvalue weighted by atomic mass is 9.88. The first-order valence-corrected chi connectivity index (χ1v) is 12.9. The molecule has 190 valence electrons. The second-order valence-electron chi connectivity index (χ2n) is 10.9. The number of amides is 1. The highest BCUT2D eigenvalue weighted by Crippen LogP contribution is 2.34. The monoisotopic (exact) mass is 480 g/mol. The lowest BCUT2D eigenvalue weighted by molar-refractivity contribution is -0.122. The van der Waals surface area contributed by atoms with Crippen molar-refractivity contribution in [3.63, 3.8) is 0 Å². The molecule has 0 spiro atoms. The molecule has 1 amide bonds. The van der Waals surface area contributed by atoms with Gasteiger partial charge >= 0.3 is 0 Å². The third-order valence-electron chi connectivity index (χ3n) is 6.92. The molecule has 0 bridgehead atoms. The summed E-state index contributed by atoms with van der Waals surface area (Å²) in [6, 6.07) is 11.7. The fourth-order valence-electron chi connectivity index (χ4n) is 4.93. The Balaban J connectivity index is 1.48. The molecule has 1 atom stereocenters. The van der Waals surface area contributed by atoms with E-state index in [0.717, 1.165) is 50.3 Å². The van der Waals surface area contributed by atoms with E-state index in [1.54, 1.807) is 6.20 Å². The van der Waals surface area contributed by atoms with Crippen LogP contribution in [-0.4, -0.2) is 67.1 Å². The van der Waals surface area contributed by atoms with Crippen molar-refractivity contribution in [1.29, 1.82) is 0 Å². The minimum absolute atomic E-state index is 0.00715. The van der Waals surface area contributed by atoms with Gasteiger partial charge in [-0.05, 0) is 75.4 Å². The SMILES string of the molecule is CN1CCCC(CNC(=O)CN2CCCC(C)(C)COc3ccccc3Oc3ncccc3C2)C1. The van der Waals surface area contributed by atoms with Gasteiger partial charge in [0, 0.05) is 31.4 Å². The van der Waals surface area contributed by atoms with Crippen LogP contribution >= 0.6 is 0 Å². The second kappa shape index (κ2) is 11.9. The quantitative estimate of drug-likeness (QED) is 0.703. The average molecular weight is 481 g/mol. The number of likely N-dealkylation sites (tertiary alicyclic amines) is 1. The van der Waals surface area contributed by atoms with Crippen LogP contribution in [-0.2, 0) is 11.3 Å². The van der Waals surface area contributed by atoms with Crippen molar-refractivity contribution in [1.82, 2.24) is 20.1 Å². The summed E-state index contributed by atoms with van der Waals surface area (Å²) in [7, 11) is 2.16. The van der Waals surface area contributed by atoms with E-state index in [1.807, 2.05) is 36.4 Å². The van der Waals surface area contributed by atoms with E-state index in [4.69, 9.17) is 9.47 Å². The van der Waals surface area contributed by atoms with Crippen molar-refractivity contribution in [2.75, 3.05) is 46.4 Å². The second-order valence-corrected chi connectivity index (χ2v) is 10.9. The lowest BCUT2D eigenvalue weighted by Gasteiger charge is -2.30. The summed E-state index contributed by atoms with van der Waals surface area (Å²) in [4.78, 5) is 22.0. The van der Waals surface area contributed by atoms with E-state index in [-0.39, 0.29) is 11.3 Å². The Hall–Kier alpha value is -2.64. The standard InChI is InChI=1S/C28H40N4O3/c1-28(2)13-8-16-32(20-26(33)30-17-22-9-7-15-31(3)18-22)19-23-10-6-14-29-27(23)35-25-12-5-4-11-24(25)34-21-28/h4-6,10-12,14,22H,7-9,13,15-21H2,1-3H3,(H,30,33). The summed E-state index contributed by atoms with van der Waals surface area (Å²) >= 11 is 0. The predicted octanol–water partition coefficient (Wildman–Crippen LogP) is 4.33. The number of rotatable bonds is 4. The van der Waals surface area contributed by atoms with Gasteiger partial charge in [-0.3, -0.25) is 9.69 Å². The van der Waals surface area contributed by atoms with Gasteiger partial charge < -0.3 is 19.7 Å². The van der Waals surface area contributed by atoms with Gasteiger partial charge in [0.25, 0.3) is 0 Å². The Morgan fingerprint density at radius 3 is 2.80 bits per heavy atom. The first kappa shape index (κ1) is 25.5. The smallest absolute Gasteiger partial charge is 0.234 e. The first-order chi connectivity index (χ1) is 16.9. The van der Waals surface area contributed by atoms with E-state index in [9.17, 15) is 4.79 Å². The molecular formula is C28H40N4O3. The third kappa shape index (κ3) is 7.67. The number of para-hydroxylation sites is 2. The zero-order valence-electron chi connectivity index (χ0n) is 21.5. The Bertz CT molecular complexity index is 980. The maximum atomic E-state index is 12.9. The van der Waals surface area contributed by atoms with Crippen molar-refractivity contribution in [2.24, 2.45) is 11.3 Å². The molecule has 1 aromatic carbocycles. The molecule has 1 unspecified atom stereocenters. The molecular weight excluding hydrogens is 440 g/mol. The molecule has 0 aliphatic carbocycles. The molecule has 2 aliphatic heterocycles. The predicted molar refractivity (Wildman–Crippen MR) is 138 cm³/mol. The number of fused-ring (bicyclic) bond motifs is 2. The highest BCUT2D eigenvalue weighted by molar-refractivity contribution is 5.78. The van der Waals surface area contributed by atoms with Gasteiger partial charge in [0.15, 0.2) is 11.5 Å². The molecule has 2 aliphatic rings. The zero-order chi connectivity index (χ0) is 24.7. The number of pyridine rings is 1. The number of nitrogens with zero attached hydrogens (tertiary/aromatic N) is 3. The maximum Gasteiger partial charge on any atom is 0.234 e. The molecule has 4 rings (SSSR count). The molecule has 0 saturated carbocycles. The van der Waals surface area contributed by atoms with Crippen LogP contribution in [0.15, 0.2) is 42.6 Å².